The molecule has 2 amide bonds. The third-order valence-electron chi connectivity index (χ3n) is 2.53. The molecule has 0 saturated carbocycles. The number of carbonyl (C=O) groups excluding carboxylic acids is 2. The SMILES string of the molecule is CN1C(=O)OC(C(Cl)Cl)c2ccccc2C1=O. The van der Waals surface area contributed by atoms with Crippen molar-refractivity contribution in [2.75, 3.05) is 7.05 Å². The van der Waals surface area contributed by atoms with E-state index < -0.39 is 22.9 Å². The number of fused-ring (bicyclic) bond motifs is 1. The molecule has 0 aromatic heterocycles. The third-order valence-corrected chi connectivity index (χ3v) is 2.99. The molecule has 17 heavy (non-hydrogen) atoms. The average molecular weight is 274 g/mol. The van der Waals surface area contributed by atoms with Gasteiger partial charge in [-0.2, -0.15) is 0 Å². The first-order valence-electron chi connectivity index (χ1n) is 4.88. The molecule has 0 spiro atoms. The highest BCUT2D eigenvalue weighted by Crippen LogP contribution is 2.33. The van der Waals surface area contributed by atoms with Crippen LogP contribution in [0.4, 0.5) is 4.79 Å². The Bertz CT molecular complexity index is 476. The zero-order chi connectivity index (χ0) is 12.6. The van der Waals surface area contributed by atoms with Crippen molar-refractivity contribution in [2.45, 2.75) is 10.9 Å². The zero-order valence-electron chi connectivity index (χ0n) is 8.89. The summed E-state index contributed by atoms with van der Waals surface area (Å²) >= 11 is 11.6. The van der Waals surface area contributed by atoms with E-state index in [0.717, 1.165) is 4.90 Å². The van der Waals surface area contributed by atoms with Crippen molar-refractivity contribution in [1.82, 2.24) is 4.90 Å². The van der Waals surface area contributed by atoms with Crippen LogP contribution in [0.1, 0.15) is 22.0 Å². The molecule has 1 unspecified atom stereocenters. The number of hydrogen-bond acceptors (Lipinski definition) is 3. The summed E-state index contributed by atoms with van der Waals surface area (Å²) in [7, 11) is 1.35. The van der Waals surface area contributed by atoms with Gasteiger partial charge in [-0.1, -0.05) is 18.2 Å². The molecule has 0 aliphatic carbocycles. The van der Waals surface area contributed by atoms with Crippen molar-refractivity contribution in [1.29, 1.82) is 0 Å². The Morgan fingerprint density at radius 1 is 1.29 bits per heavy atom. The first-order chi connectivity index (χ1) is 8.02. The van der Waals surface area contributed by atoms with E-state index in [1.54, 1.807) is 24.3 Å². The lowest BCUT2D eigenvalue weighted by molar-refractivity contribution is 0.0642. The van der Waals surface area contributed by atoms with Gasteiger partial charge in [-0.3, -0.25) is 4.79 Å². The summed E-state index contributed by atoms with van der Waals surface area (Å²) in [5.41, 5.74) is 0.891. The Morgan fingerprint density at radius 2 is 1.94 bits per heavy atom. The van der Waals surface area contributed by atoms with Gasteiger partial charge in [0.25, 0.3) is 5.91 Å². The number of benzene rings is 1. The number of ether oxygens (including phenoxy) is 1. The van der Waals surface area contributed by atoms with Crippen LogP contribution in [0.2, 0.25) is 0 Å². The van der Waals surface area contributed by atoms with Crippen LogP contribution in [-0.2, 0) is 4.74 Å². The maximum atomic E-state index is 12.0. The lowest BCUT2D eigenvalue weighted by Gasteiger charge is -2.17. The molecule has 2 rings (SSSR count). The Hall–Kier alpha value is -1.26. The van der Waals surface area contributed by atoms with Gasteiger partial charge in [0.05, 0.1) is 0 Å². The molecule has 6 heteroatoms. The molecule has 1 aromatic rings. The minimum atomic E-state index is -0.931. The van der Waals surface area contributed by atoms with Gasteiger partial charge in [0.2, 0.25) is 0 Å². The number of cyclic esters (lactones) is 1. The summed E-state index contributed by atoms with van der Waals surface area (Å²) in [5.74, 6) is -0.429. The van der Waals surface area contributed by atoms with Gasteiger partial charge < -0.3 is 4.74 Å². The van der Waals surface area contributed by atoms with Gasteiger partial charge in [0.15, 0.2) is 6.10 Å². The van der Waals surface area contributed by atoms with E-state index >= 15 is 0 Å². The third kappa shape index (κ3) is 2.10. The number of alkyl halides is 2. The van der Waals surface area contributed by atoms with Crippen molar-refractivity contribution in [3.63, 3.8) is 0 Å². The first-order valence-corrected chi connectivity index (χ1v) is 5.75. The van der Waals surface area contributed by atoms with E-state index in [4.69, 9.17) is 27.9 Å². The van der Waals surface area contributed by atoms with Crippen LogP contribution < -0.4 is 0 Å². The molecule has 1 atom stereocenters. The number of amides is 2. The summed E-state index contributed by atoms with van der Waals surface area (Å²) in [6.45, 7) is 0. The van der Waals surface area contributed by atoms with Crippen molar-refractivity contribution >= 4 is 35.2 Å². The standard InChI is InChI=1S/C11H9Cl2NO3/c1-14-10(15)7-5-3-2-4-6(7)8(9(12)13)17-11(14)16/h2-5,8-9H,1H3. The van der Waals surface area contributed by atoms with Crippen LogP contribution in [0.25, 0.3) is 0 Å². The molecule has 1 aliphatic heterocycles. The van der Waals surface area contributed by atoms with E-state index in [1.165, 1.54) is 7.05 Å². The molecule has 0 N–H and O–H groups in total. The fourth-order valence-corrected chi connectivity index (χ4v) is 2.02. The Kier molecular flexibility index (Phi) is 3.26. The van der Waals surface area contributed by atoms with Gasteiger partial charge >= 0.3 is 6.09 Å². The van der Waals surface area contributed by atoms with Gasteiger partial charge in [0.1, 0.15) is 4.84 Å². The molecule has 0 fully saturated rings. The largest absolute Gasteiger partial charge is 0.438 e. The molecule has 1 aromatic carbocycles. The number of hydrogen-bond donors (Lipinski definition) is 0. The van der Waals surface area contributed by atoms with Crippen molar-refractivity contribution < 1.29 is 14.3 Å². The quantitative estimate of drug-likeness (QED) is 0.740. The maximum absolute atomic E-state index is 12.0. The van der Waals surface area contributed by atoms with Crippen LogP contribution in [0, 0.1) is 0 Å². The highest BCUT2D eigenvalue weighted by atomic mass is 35.5. The van der Waals surface area contributed by atoms with Crippen LogP contribution in [0.5, 0.6) is 0 Å². The smallest absolute Gasteiger partial charge is 0.417 e. The second kappa shape index (κ2) is 4.55. The summed E-state index contributed by atoms with van der Waals surface area (Å²) in [4.78, 5) is 23.5. The molecule has 4 nitrogen and oxygen atoms in total. The molecule has 1 aliphatic rings. The molecular weight excluding hydrogens is 265 g/mol. The predicted octanol–water partition coefficient (Wildman–Crippen LogP) is 2.75. The molecule has 1 heterocycles. The predicted molar refractivity (Wildman–Crippen MR) is 63.3 cm³/mol. The second-order valence-corrected chi connectivity index (χ2v) is 4.75. The number of carbonyl (C=O) groups is 2. The van der Waals surface area contributed by atoms with Crippen LogP contribution >= 0.6 is 23.2 Å². The van der Waals surface area contributed by atoms with Crippen LogP contribution in [0.3, 0.4) is 0 Å². The summed E-state index contributed by atoms with van der Waals surface area (Å²) in [6.07, 6.45) is -1.60. The Balaban J connectivity index is 2.57. The van der Waals surface area contributed by atoms with E-state index in [0.29, 0.717) is 11.1 Å². The number of rotatable bonds is 1. The monoisotopic (exact) mass is 273 g/mol. The normalized spacial score (nSPS) is 20.0. The maximum Gasteiger partial charge on any atom is 0.417 e. The summed E-state index contributed by atoms with van der Waals surface area (Å²) < 4.78 is 5.08. The second-order valence-electron chi connectivity index (χ2n) is 3.59. The van der Waals surface area contributed by atoms with Gasteiger partial charge in [-0.15, -0.1) is 23.2 Å². The minimum Gasteiger partial charge on any atom is -0.438 e. The van der Waals surface area contributed by atoms with Crippen LogP contribution in [-0.4, -0.2) is 28.8 Å². The molecule has 0 saturated heterocycles. The topological polar surface area (TPSA) is 46.6 Å². The Morgan fingerprint density at radius 3 is 2.59 bits per heavy atom. The van der Waals surface area contributed by atoms with E-state index in [-0.39, 0.29) is 0 Å². The lowest BCUT2D eigenvalue weighted by Crippen LogP contribution is -2.32. The van der Waals surface area contributed by atoms with Crippen LogP contribution in [0.15, 0.2) is 24.3 Å². The van der Waals surface area contributed by atoms with Gasteiger partial charge in [-0.25, -0.2) is 9.69 Å². The lowest BCUT2D eigenvalue weighted by atomic mass is 10.0. The zero-order valence-corrected chi connectivity index (χ0v) is 10.4. The fourth-order valence-electron chi connectivity index (χ4n) is 1.64. The fraction of sp³-hybridized carbons (Fsp3) is 0.273. The summed E-state index contributed by atoms with van der Waals surface area (Å²) in [5, 5.41) is 0. The van der Waals surface area contributed by atoms with E-state index in [9.17, 15) is 9.59 Å². The van der Waals surface area contributed by atoms with E-state index in [1.807, 2.05) is 0 Å². The van der Waals surface area contributed by atoms with Crippen molar-refractivity contribution in [3.05, 3.63) is 35.4 Å². The number of nitrogens with zero attached hydrogens (tertiary/aromatic N) is 1. The highest BCUT2D eigenvalue weighted by molar-refractivity contribution is 6.44. The molecule has 0 radical (unpaired) electrons. The van der Waals surface area contributed by atoms with Gasteiger partial charge in [0, 0.05) is 18.2 Å². The Labute approximate surface area is 108 Å². The summed E-state index contributed by atoms with van der Waals surface area (Å²) in [6, 6.07) is 6.71. The number of halogens is 2. The minimum absolute atomic E-state index is 0.372. The van der Waals surface area contributed by atoms with E-state index in [2.05, 4.69) is 0 Å². The highest BCUT2D eigenvalue weighted by Gasteiger charge is 2.35. The average Bonchev–Trinajstić information content (AvgIpc) is 2.41. The van der Waals surface area contributed by atoms with Gasteiger partial charge in [-0.05, 0) is 6.07 Å². The molecule has 90 valence electrons. The van der Waals surface area contributed by atoms with Crippen molar-refractivity contribution in [3.8, 4) is 0 Å². The molecule has 0 bridgehead atoms. The number of imide groups is 1. The first kappa shape index (κ1) is 12.2. The van der Waals surface area contributed by atoms with Crippen molar-refractivity contribution in [2.24, 2.45) is 0 Å². The molecular formula is C11H9Cl2NO3.